The molecule has 3 aromatic carbocycles. The molecular weight excluding hydrogens is 445 g/mol. The molecule has 1 saturated heterocycles. The molecular formula is C27H24FN5O2. The normalized spacial score (nSPS) is 15.3. The van der Waals surface area contributed by atoms with Crippen LogP contribution in [0.4, 0.5) is 10.1 Å². The SMILES string of the molecule is Cc1ncc(C(Cc2ccc(C#N)c(F)c2)N2CCN(c3cccc4ccc(O)cc34)C(=O)C2)[nH]1. The Morgan fingerprint density at radius 3 is 2.77 bits per heavy atom. The number of nitrogens with one attached hydrogen (secondary N) is 1. The maximum atomic E-state index is 14.3. The lowest BCUT2D eigenvalue weighted by Crippen LogP contribution is -2.52. The zero-order chi connectivity index (χ0) is 24.5. The lowest BCUT2D eigenvalue weighted by molar-refractivity contribution is -0.122. The molecule has 1 unspecified atom stereocenters. The first-order valence-electron chi connectivity index (χ1n) is 11.4. The summed E-state index contributed by atoms with van der Waals surface area (Å²) in [5.41, 5.74) is 2.36. The Bertz CT molecular complexity index is 1460. The van der Waals surface area contributed by atoms with Crippen molar-refractivity contribution in [2.45, 2.75) is 19.4 Å². The van der Waals surface area contributed by atoms with Gasteiger partial charge < -0.3 is 15.0 Å². The Labute approximate surface area is 202 Å². The Morgan fingerprint density at radius 1 is 1.20 bits per heavy atom. The number of aromatic hydroxyl groups is 1. The van der Waals surface area contributed by atoms with Crippen LogP contribution >= 0.6 is 0 Å². The standard InChI is InChI=1S/C27H24FN5O2/c1-17-30-15-24(31-17)26(12-18-5-6-20(14-29)23(28)11-18)32-9-10-33(27(35)16-32)25-4-2-3-19-7-8-21(34)13-22(19)25/h2-8,11,13,15,26,34H,9-10,12,16H2,1H3,(H,30,31). The molecule has 1 fully saturated rings. The smallest absolute Gasteiger partial charge is 0.241 e. The summed E-state index contributed by atoms with van der Waals surface area (Å²) < 4.78 is 14.3. The third-order valence-corrected chi connectivity index (χ3v) is 6.49. The Balaban J connectivity index is 1.42. The largest absolute Gasteiger partial charge is 0.508 e. The number of phenolic OH excluding ortho intramolecular Hbond substituents is 1. The van der Waals surface area contributed by atoms with E-state index in [4.69, 9.17) is 5.26 Å². The summed E-state index contributed by atoms with van der Waals surface area (Å²) in [5.74, 6) is 0.306. The molecule has 0 spiro atoms. The fourth-order valence-electron chi connectivity index (χ4n) is 4.74. The number of nitrogens with zero attached hydrogens (tertiary/aromatic N) is 4. The monoisotopic (exact) mass is 469 g/mol. The third kappa shape index (κ3) is 4.46. The predicted molar refractivity (Wildman–Crippen MR) is 130 cm³/mol. The molecule has 1 aliphatic rings. The number of phenols is 1. The Morgan fingerprint density at radius 2 is 2.06 bits per heavy atom. The van der Waals surface area contributed by atoms with Crippen LogP contribution in [0.5, 0.6) is 5.75 Å². The van der Waals surface area contributed by atoms with Crippen molar-refractivity contribution in [2.75, 3.05) is 24.5 Å². The summed E-state index contributed by atoms with van der Waals surface area (Å²) in [4.78, 5) is 24.8. The van der Waals surface area contributed by atoms with Gasteiger partial charge in [0.2, 0.25) is 5.91 Å². The van der Waals surface area contributed by atoms with Crippen molar-refractivity contribution in [3.63, 3.8) is 0 Å². The van der Waals surface area contributed by atoms with Crippen LogP contribution in [0.2, 0.25) is 0 Å². The Hall–Kier alpha value is -4.22. The van der Waals surface area contributed by atoms with Crippen LogP contribution in [0.3, 0.4) is 0 Å². The predicted octanol–water partition coefficient (Wildman–Crippen LogP) is 4.22. The van der Waals surface area contributed by atoms with Gasteiger partial charge in [-0.05, 0) is 54.6 Å². The first-order chi connectivity index (χ1) is 16.9. The van der Waals surface area contributed by atoms with Gasteiger partial charge in [0.05, 0.1) is 29.5 Å². The first-order valence-corrected chi connectivity index (χ1v) is 11.4. The lowest BCUT2D eigenvalue weighted by Gasteiger charge is -2.39. The number of rotatable bonds is 5. The highest BCUT2D eigenvalue weighted by Crippen LogP contribution is 2.32. The van der Waals surface area contributed by atoms with Crippen molar-refractivity contribution in [1.29, 1.82) is 5.26 Å². The van der Waals surface area contributed by atoms with E-state index in [0.717, 1.165) is 33.5 Å². The summed E-state index contributed by atoms with van der Waals surface area (Å²) in [5, 5.41) is 20.8. The van der Waals surface area contributed by atoms with Crippen LogP contribution in [0, 0.1) is 24.1 Å². The number of benzene rings is 3. The highest BCUT2D eigenvalue weighted by molar-refractivity contribution is 6.05. The molecule has 0 aliphatic carbocycles. The Kier molecular flexibility index (Phi) is 5.93. The quantitative estimate of drug-likeness (QED) is 0.456. The summed E-state index contributed by atoms with van der Waals surface area (Å²) in [6, 6.07) is 17.2. The number of hydrogen-bond acceptors (Lipinski definition) is 5. The number of imidazole rings is 1. The number of piperazine rings is 1. The van der Waals surface area contributed by atoms with E-state index in [9.17, 15) is 14.3 Å². The van der Waals surface area contributed by atoms with Crippen LogP contribution in [0.1, 0.15) is 28.7 Å². The number of aromatic amines is 1. The number of H-pyrrole nitrogens is 1. The van der Waals surface area contributed by atoms with E-state index in [1.807, 2.05) is 37.3 Å². The van der Waals surface area contributed by atoms with E-state index in [2.05, 4.69) is 14.9 Å². The summed E-state index contributed by atoms with van der Waals surface area (Å²) in [6.45, 7) is 3.11. The van der Waals surface area contributed by atoms with Gasteiger partial charge in [0, 0.05) is 24.7 Å². The van der Waals surface area contributed by atoms with Gasteiger partial charge in [-0.3, -0.25) is 9.69 Å². The van der Waals surface area contributed by atoms with E-state index in [1.165, 1.54) is 12.1 Å². The highest BCUT2D eigenvalue weighted by Gasteiger charge is 2.32. The maximum Gasteiger partial charge on any atom is 0.241 e. The second-order valence-electron chi connectivity index (χ2n) is 8.77. The molecule has 8 heteroatoms. The third-order valence-electron chi connectivity index (χ3n) is 6.49. The minimum Gasteiger partial charge on any atom is -0.508 e. The van der Waals surface area contributed by atoms with Crippen molar-refractivity contribution in [3.8, 4) is 11.8 Å². The minimum atomic E-state index is -0.551. The first kappa shape index (κ1) is 22.6. The van der Waals surface area contributed by atoms with Crippen molar-refractivity contribution in [2.24, 2.45) is 0 Å². The van der Waals surface area contributed by atoms with Crippen molar-refractivity contribution in [3.05, 3.63) is 89.3 Å². The maximum absolute atomic E-state index is 14.3. The highest BCUT2D eigenvalue weighted by atomic mass is 19.1. The van der Waals surface area contributed by atoms with Gasteiger partial charge in [-0.25, -0.2) is 9.37 Å². The van der Waals surface area contributed by atoms with Crippen molar-refractivity contribution < 1.29 is 14.3 Å². The van der Waals surface area contributed by atoms with E-state index in [0.29, 0.717) is 19.5 Å². The number of fused-ring (bicyclic) bond motifs is 1. The summed E-state index contributed by atoms with van der Waals surface area (Å²) >= 11 is 0. The van der Waals surface area contributed by atoms with Crippen molar-refractivity contribution >= 4 is 22.4 Å². The molecule has 4 aromatic rings. The minimum absolute atomic E-state index is 0.00704. The van der Waals surface area contributed by atoms with Gasteiger partial charge in [0.25, 0.3) is 0 Å². The van der Waals surface area contributed by atoms with Gasteiger partial charge in [-0.15, -0.1) is 0 Å². The number of carbonyl (C=O) groups is 1. The zero-order valence-electron chi connectivity index (χ0n) is 19.2. The lowest BCUT2D eigenvalue weighted by atomic mass is 9.99. The molecule has 176 valence electrons. The molecule has 35 heavy (non-hydrogen) atoms. The molecule has 1 atom stereocenters. The van der Waals surface area contributed by atoms with Crippen LogP contribution in [0.25, 0.3) is 10.8 Å². The second kappa shape index (κ2) is 9.20. The summed E-state index contributed by atoms with van der Waals surface area (Å²) in [6.07, 6.45) is 2.21. The molecule has 0 bridgehead atoms. The molecule has 7 nitrogen and oxygen atoms in total. The average molecular weight is 470 g/mol. The fourth-order valence-corrected chi connectivity index (χ4v) is 4.74. The molecule has 5 rings (SSSR count). The molecule has 0 radical (unpaired) electrons. The zero-order valence-corrected chi connectivity index (χ0v) is 19.2. The average Bonchev–Trinajstić information content (AvgIpc) is 3.28. The number of halogens is 1. The number of aromatic nitrogens is 2. The molecule has 1 aromatic heterocycles. The molecule has 1 amide bonds. The van der Waals surface area contributed by atoms with Crippen LogP contribution in [-0.2, 0) is 11.2 Å². The molecule has 2 heterocycles. The summed E-state index contributed by atoms with van der Waals surface area (Å²) in [7, 11) is 0. The van der Waals surface area contributed by atoms with Crippen LogP contribution in [0.15, 0.2) is 60.8 Å². The van der Waals surface area contributed by atoms with Gasteiger partial charge in [-0.1, -0.05) is 24.3 Å². The van der Waals surface area contributed by atoms with E-state index in [-0.39, 0.29) is 29.8 Å². The van der Waals surface area contributed by atoms with E-state index >= 15 is 0 Å². The van der Waals surface area contributed by atoms with E-state index in [1.54, 1.807) is 29.3 Å². The molecule has 0 saturated carbocycles. The van der Waals surface area contributed by atoms with Gasteiger partial charge >= 0.3 is 0 Å². The van der Waals surface area contributed by atoms with Gasteiger partial charge in [0.1, 0.15) is 23.5 Å². The van der Waals surface area contributed by atoms with Crippen LogP contribution in [-0.4, -0.2) is 45.5 Å². The number of carbonyl (C=O) groups excluding carboxylic acids is 1. The van der Waals surface area contributed by atoms with E-state index < -0.39 is 5.82 Å². The fraction of sp³-hybridized carbons (Fsp3) is 0.222. The molecule has 2 N–H and O–H groups in total. The van der Waals surface area contributed by atoms with Gasteiger partial charge in [0.15, 0.2) is 0 Å². The molecule has 1 aliphatic heterocycles. The topological polar surface area (TPSA) is 96.2 Å². The number of aryl methyl sites for hydroxylation is 1. The number of nitriles is 1. The van der Waals surface area contributed by atoms with Crippen molar-refractivity contribution in [1.82, 2.24) is 14.9 Å². The van der Waals surface area contributed by atoms with Gasteiger partial charge in [-0.2, -0.15) is 5.26 Å². The number of anilines is 1. The number of amides is 1. The number of hydrogen-bond donors (Lipinski definition) is 2. The van der Waals surface area contributed by atoms with Crippen LogP contribution < -0.4 is 4.90 Å². The second-order valence-corrected chi connectivity index (χ2v) is 8.77.